The van der Waals surface area contributed by atoms with Crippen LogP contribution in [0.1, 0.15) is 20.3 Å². The van der Waals surface area contributed by atoms with Gasteiger partial charge in [-0.2, -0.15) is 21.7 Å². The first-order chi connectivity index (χ1) is 8.96. The van der Waals surface area contributed by atoms with Crippen molar-refractivity contribution in [3.8, 4) is 0 Å². The predicted octanol–water partition coefficient (Wildman–Crippen LogP) is 1.41. The molecule has 108 valence electrons. The third-order valence-corrected chi connectivity index (χ3v) is 3.32. The molecule has 0 saturated heterocycles. The number of hydrogen-bond donors (Lipinski definition) is 4. The van der Waals surface area contributed by atoms with E-state index in [1.54, 1.807) is 24.8 Å². The van der Waals surface area contributed by atoms with Crippen molar-refractivity contribution < 1.29 is 5.11 Å². The van der Waals surface area contributed by atoms with Gasteiger partial charge in [0.25, 0.3) is 0 Å². The summed E-state index contributed by atoms with van der Waals surface area (Å²) in [5.74, 6) is 2.18. The fraction of sp³-hybridized carbons (Fsp3) is 0.667. The molecule has 1 aromatic heterocycles. The first kappa shape index (κ1) is 15.8. The van der Waals surface area contributed by atoms with Gasteiger partial charge >= 0.3 is 0 Å². The molecule has 19 heavy (non-hydrogen) atoms. The molecule has 0 spiro atoms. The Morgan fingerprint density at radius 2 is 2.00 bits per heavy atom. The van der Waals surface area contributed by atoms with Crippen LogP contribution in [0.15, 0.2) is 6.07 Å². The van der Waals surface area contributed by atoms with E-state index >= 15 is 0 Å². The van der Waals surface area contributed by atoms with Crippen LogP contribution in [0.4, 0.5) is 17.6 Å². The predicted molar refractivity (Wildman–Crippen MR) is 82.7 cm³/mol. The minimum Gasteiger partial charge on any atom is -0.387 e. The van der Waals surface area contributed by atoms with Crippen LogP contribution in [0.5, 0.6) is 0 Å². The number of nitrogens with one attached hydrogen (secondary N) is 2. The van der Waals surface area contributed by atoms with E-state index < -0.39 is 5.60 Å². The van der Waals surface area contributed by atoms with Gasteiger partial charge in [-0.1, -0.05) is 6.92 Å². The van der Waals surface area contributed by atoms with E-state index in [4.69, 9.17) is 5.73 Å². The van der Waals surface area contributed by atoms with E-state index in [-0.39, 0.29) is 5.95 Å². The Morgan fingerprint density at radius 1 is 1.37 bits per heavy atom. The van der Waals surface area contributed by atoms with Gasteiger partial charge in [0.15, 0.2) is 0 Å². The lowest BCUT2D eigenvalue weighted by Crippen LogP contribution is -2.36. The molecule has 1 atom stereocenters. The van der Waals surface area contributed by atoms with Gasteiger partial charge in [-0.25, -0.2) is 0 Å². The monoisotopic (exact) mass is 285 g/mol. The largest absolute Gasteiger partial charge is 0.387 e. The molecule has 7 heteroatoms. The highest BCUT2D eigenvalue weighted by Crippen LogP contribution is 2.15. The van der Waals surface area contributed by atoms with Gasteiger partial charge in [0.2, 0.25) is 5.95 Å². The average Bonchev–Trinajstić information content (AvgIpc) is 2.33. The average molecular weight is 285 g/mol. The Bertz CT molecular complexity index is 400. The number of nitrogen functional groups attached to an aromatic ring is 1. The number of anilines is 3. The van der Waals surface area contributed by atoms with E-state index in [0.29, 0.717) is 23.9 Å². The summed E-state index contributed by atoms with van der Waals surface area (Å²) >= 11 is 1.60. The number of nitrogens with zero attached hydrogens (tertiary/aromatic N) is 2. The fourth-order valence-corrected chi connectivity index (χ4v) is 2.27. The van der Waals surface area contributed by atoms with Gasteiger partial charge in [-0.3, -0.25) is 0 Å². The second-order valence-corrected chi connectivity index (χ2v) is 5.57. The zero-order valence-corrected chi connectivity index (χ0v) is 12.5. The van der Waals surface area contributed by atoms with Crippen molar-refractivity contribution in [1.29, 1.82) is 0 Å². The lowest BCUT2D eigenvalue weighted by molar-refractivity contribution is 0.0996. The Balaban J connectivity index is 2.65. The van der Waals surface area contributed by atoms with Gasteiger partial charge in [0.1, 0.15) is 11.6 Å². The Labute approximate surface area is 118 Å². The van der Waals surface area contributed by atoms with E-state index in [1.165, 1.54) is 0 Å². The first-order valence-electron chi connectivity index (χ1n) is 6.30. The highest BCUT2D eigenvalue weighted by Gasteiger charge is 2.19. The van der Waals surface area contributed by atoms with Crippen molar-refractivity contribution in [2.45, 2.75) is 25.9 Å². The Morgan fingerprint density at radius 3 is 2.58 bits per heavy atom. The summed E-state index contributed by atoms with van der Waals surface area (Å²) in [6.45, 7) is 5.12. The highest BCUT2D eigenvalue weighted by atomic mass is 32.2. The molecule has 5 N–H and O–H groups in total. The SMILES string of the molecule is CCCNc1cc(NCC(C)(O)CSC)nc(N)n1. The molecule has 6 nitrogen and oxygen atoms in total. The van der Waals surface area contributed by atoms with Crippen LogP contribution in [0.25, 0.3) is 0 Å². The molecule has 0 radical (unpaired) electrons. The summed E-state index contributed by atoms with van der Waals surface area (Å²) in [7, 11) is 0. The van der Waals surface area contributed by atoms with Crippen molar-refractivity contribution in [2.24, 2.45) is 0 Å². The van der Waals surface area contributed by atoms with Crippen molar-refractivity contribution >= 4 is 29.3 Å². The first-order valence-corrected chi connectivity index (χ1v) is 7.70. The van der Waals surface area contributed by atoms with Gasteiger partial charge in [0, 0.05) is 24.9 Å². The van der Waals surface area contributed by atoms with E-state index in [2.05, 4.69) is 27.5 Å². The number of rotatable bonds is 8. The van der Waals surface area contributed by atoms with E-state index in [1.807, 2.05) is 6.26 Å². The molecule has 0 aliphatic heterocycles. The van der Waals surface area contributed by atoms with Crippen molar-refractivity contribution in [3.63, 3.8) is 0 Å². The second kappa shape index (κ2) is 7.40. The van der Waals surface area contributed by atoms with Crippen LogP contribution < -0.4 is 16.4 Å². The van der Waals surface area contributed by atoms with Gasteiger partial charge in [-0.05, 0) is 19.6 Å². The summed E-state index contributed by atoms with van der Waals surface area (Å²) in [6, 6.07) is 1.79. The molecule has 0 bridgehead atoms. The van der Waals surface area contributed by atoms with Gasteiger partial charge < -0.3 is 21.5 Å². The van der Waals surface area contributed by atoms with Crippen LogP contribution in [0.2, 0.25) is 0 Å². The normalized spacial score (nSPS) is 13.9. The van der Waals surface area contributed by atoms with Crippen molar-refractivity contribution in [1.82, 2.24) is 9.97 Å². The molecule has 0 amide bonds. The maximum atomic E-state index is 10.1. The number of aromatic nitrogens is 2. The van der Waals surface area contributed by atoms with Crippen LogP contribution in [-0.4, -0.2) is 45.8 Å². The third kappa shape index (κ3) is 5.98. The Kier molecular flexibility index (Phi) is 6.17. The molecule has 1 heterocycles. The second-order valence-electron chi connectivity index (χ2n) is 4.71. The molecule has 1 aromatic rings. The molecule has 1 rings (SSSR count). The van der Waals surface area contributed by atoms with Gasteiger partial charge in [0.05, 0.1) is 5.60 Å². The molecular weight excluding hydrogens is 262 g/mol. The quantitative estimate of drug-likeness (QED) is 0.573. The summed E-state index contributed by atoms with van der Waals surface area (Å²) in [6.07, 6.45) is 2.97. The molecular formula is C12H23N5OS. The zero-order valence-electron chi connectivity index (χ0n) is 11.7. The third-order valence-electron chi connectivity index (χ3n) is 2.41. The van der Waals surface area contributed by atoms with Crippen molar-refractivity contribution in [3.05, 3.63) is 6.07 Å². The van der Waals surface area contributed by atoms with Crippen molar-refractivity contribution in [2.75, 3.05) is 41.5 Å². The van der Waals surface area contributed by atoms with Crippen LogP contribution in [-0.2, 0) is 0 Å². The Hall–Kier alpha value is -1.21. The molecule has 0 aromatic carbocycles. The highest BCUT2D eigenvalue weighted by molar-refractivity contribution is 7.98. The molecule has 0 saturated carbocycles. The minimum absolute atomic E-state index is 0.216. The summed E-state index contributed by atoms with van der Waals surface area (Å²) < 4.78 is 0. The molecule has 0 aliphatic carbocycles. The van der Waals surface area contributed by atoms with E-state index in [9.17, 15) is 5.11 Å². The lowest BCUT2D eigenvalue weighted by atomic mass is 10.1. The molecule has 1 unspecified atom stereocenters. The van der Waals surface area contributed by atoms with Crippen LogP contribution >= 0.6 is 11.8 Å². The number of nitrogens with two attached hydrogens (primary N) is 1. The number of aliphatic hydroxyl groups is 1. The van der Waals surface area contributed by atoms with Crippen LogP contribution in [0.3, 0.4) is 0 Å². The molecule has 0 aliphatic rings. The number of hydrogen-bond acceptors (Lipinski definition) is 7. The number of thioether (sulfide) groups is 1. The van der Waals surface area contributed by atoms with Crippen LogP contribution in [0, 0.1) is 0 Å². The molecule has 0 fully saturated rings. The minimum atomic E-state index is -0.782. The lowest BCUT2D eigenvalue weighted by Gasteiger charge is -2.23. The van der Waals surface area contributed by atoms with Gasteiger partial charge in [-0.15, -0.1) is 0 Å². The maximum absolute atomic E-state index is 10.1. The smallest absolute Gasteiger partial charge is 0.223 e. The zero-order chi connectivity index (χ0) is 14.3. The summed E-state index contributed by atoms with van der Waals surface area (Å²) in [5.41, 5.74) is 4.88. The maximum Gasteiger partial charge on any atom is 0.223 e. The summed E-state index contributed by atoms with van der Waals surface area (Å²) in [5, 5.41) is 16.3. The standard InChI is InChI=1S/C12H23N5OS/c1-4-5-14-9-6-10(17-11(13)16-9)15-7-12(2,18)8-19-3/h6,18H,4-5,7-8H2,1-3H3,(H4,13,14,15,16,17). The topological polar surface area (TPSA) is 96.1 Å². The fourth-order valence-electron chi connectivity index (χ4n) is 1.54. The van der Waals surface area contributed by atoms with E-state index in [0.717, 1.165) is 13.0 Å². The summed E-state index contributed by atoms with van der Waals surface area (Å²) in [4.78, 5) is 8.20.